The minimum Gasteiger partial charge on any atom is -0.462 e. The van der Waals surface area contributed by atoms with Gasteiger partial charge in [0.15, 0.2) is 12.2 Å². The van der Waals surface area contributed by atoms with Crippen molar-refractivity contribution in [3.63, 3.8) is 0 Å². The van der Waals surface area contributed by atoms with Crippen LogP contribution in [-0.4, -0.2) is 96.7 Å². The second-order valence-electron chi connectivity index (χ2n) is 29.9. The summed E-state index contributed by atoms with van der Waals surface area (Å²) in [5.74, 6) is 0.170. The highest BCUT2D eigenvalue weighted by atomic mass is 31.2. The molecule has 0 aromatic heterocycles. The van der Waals surface area contributed by atoms with Crippen LogP contribution in [0.4, 0.5) is 0 Å². The van der Waals surface area contributed by atoms with Gasteiger partial charge in [-0.15, -0.1) is 0 Å². The van der Waals surface area contributed by atoms with Crippen LogP contribution in [0.2, 0.25) is 0 Å². The van der Waals surface area contributed by atoms with E-state index in [1.54, 1.807) is 0 Å². The van der Waals surface area contributed by atoms with Crippen LogP contribution in [0.1, 0.15) is 408 Å². The average Bonchev–Trinajstić information content (AvgIpc) is 1.07. The predicted molar refractivity (Wildman–Crippen MR) is 400 cm³/mol. The molecular formula is C79H154O17P2. The molecule has 0 rings (SSSR count). The van der Waals surface area contributed by atoms with Crippen molar-refractivity contribution in [2.24, 2.45) is 17.8 Å². The molecule has 0 aliphatic carbocycles. The number of carbonyl (C=O) groups is 4. The number of phosphoric ester groups is 2. The fourth-order valence-corrected chi connectivity index (χ4v) is 13.7. The lowest BCUT2D eigenvalue weighted by molar-refractivity contribution is -0.161. The lowest BCUT2D eigenvalue weighted by Gasteiger charge is -2.21. The second-order valence-corrected chi connectivity index (χ2v) is 32.8. The Labute approximate surface area is 600 Å². The van der Waals surface area contributed by atoms with E-state index in [2.05, 4.69) is 48.5 Å². The zero-order valence-corrected chi connectivity index (χ0v) is 66.0. The van der Waals surface area contributed by atoms with E-state index in [-0.39, 0.29) is 25.7 Å². The Morgan fingerprint density at radius 2 is 0.469 bits per heavy atom. The fourth-order valence-electron chi connectivity index (χ4n) is 12.1. The minimum absolute atomic E-state index is 0.106. The number of esters is 4. The highest BCUT2D eigenvalue weighted by Gasteiger charge is 2.30. The van der Waals surface area contributed by atoms with Gasteiger partial charge in [0, 0.05) is 25.7 Å². The molecule has 582 valence electrons. The first-order valence-corrected chi connectivity index (χ1v) is 43.8. The maximum Gasteiger partial charge on any atom is 0.472 e. The van der Waals surface area contributed by atoms with E-state index in [1.165, 1.54) is 218 Å². The molecule has 0 aliphatic rings. The number of rotatable bonds is 77. The molecule has 17 nitrogen and oxygen atoms in total. The van der Waals surface area contributed by atoms with Crippen LogP contribution < -0.4 is 0 Å². The summed E-state index contributed by atoms with van der Waals surface area (Å²) in [6.07, 6.45) is 56.8. The Kier molecular flexibility index (Phi) is 68.1. The number of carbonyl (C=O) groups excluding carboxylic acids is 4. The molecule has 0 amide bonds. The van der Waals surface area contributed by atoms with E-state index < -0.39 is 97.5 Å². The number of phosphoric acid groups is 2. The van der Waals surface area contributed by atoms with E-state index in [0.29, 0.717) is 25.7 Å². The lowest BCUT2D eigenvalue weighted by Crippen LogP contribution is -2.30. The van der Waals surface area contributed by atoms with Crippen molar-refractivity contribution in [3.8, 4) is 0 Å². The van der Waals surface area contributed by atoms with Gasteiger partial charge in [0.05, 0.1) is 26.4 Å². The second kappa shape index (κ2) is 69.4. The first-order valence-electron chi connectivity index (χ1n) is 40.8. The van der Waals surface area contributed by atoms with E-state index in [0.717, 1.165) is 108 Å². The highest BCUT2D eigenvalue weighted by Crippen LogP contribution is 2.45. The summed E-state index contributed by atoms with van der Waals surface area (Å²) in [6, 6.07) is 0. The molecule has 0 saturated heterocycles. The summed E-state index contributed by atoms with van der Waals surface area (Å²) in [4.78, 5) is 73.0. The van der Waals surface area contributed by atoms with Crippen LogP contribution in [0, 0.1) is 17.8 Å². The molecule has 0 heterocycles. The Hall–Kier alpha value is -1.94. The van der Waals surface area contributed by atoms with Crippen LogP contribution in [0.25, 0.3) is 0 Å². The third kappa shape index (κ3) is 72.4. The summed E-state index contributed by atoms with van der Waals surface area (Å²) in [5.41, 5.74) is 0. The van der Waals surface area contributed by atoms with E-state index in [1.807, 2.05) is 0 Å². The highest BCUT2D eigenvalue weighted by molar-refractivity contribution is 7.47. The van der Waals surface area contributed by atoms with Crippen molar-refractivity contribution in [2.45, 2.75) is 426 Å². The van der Waals surface area contributed by atoms with Crippen molar-refractivity contribution in [1.82, 2.24) is 0 Å². The van der Waals surface area contributed by atoms with Crippen molar-refractivity contribution in [2.75, 3.05) is 39.6 Å². The SMILES string of the molecule is CCCCCCCCCCCCCCCCCCCC(=O)O[C@H](COC(=O)CCCCCCCCCCCCCCCC(C)C)COP(=O)(O)OC[C@@H](O)COP(=O)(O)OC[C@@H](COC(=O)CCCCCCCCCCC(C)C)OC(=O)CCCCCCCCCCCCCC(C)C. The summed E-state index contributed by atoms with van der Waals surface area (Å²) < 4.78 is 68.7. The molecule has 0 fully saturated rings. The summed E-state index contributed by atoms with van der Waals surface area (Å²) in [5, 5.41) is 10.6. The maximum atomic E-state index is 13.1. The zero-order valence-electron chi connectivity index (χ0n) is 64.3. The van der Waals surface area contributed by atoms with Gasteiger partial charge in [-0.05, 0) is 43.4 Å². The monoisotopic (exact) mass is 1440 g/mol. The normalized spacial score (nSPS) is 14.0. The quantitative estimate of drug-likeness (QED) is 0.0222. The van der Waals surface area contributed by atoms with Crippen LogP contribution in [0.3, 0.4) is 0 Å². The number of hydrogen-bond acceptors (Lipinski definition) is 15. The van der Waals surface area contributed by atoms with Crippen LogP contribution >= 0.6 is 15.6 Å². The van der Waals surface area contributed by atoms with E-state index in [9.17, 15) is 43.2 Å². The molecule has 0 saturated carbocycles. The van der Waals surface area contributed by atoms with Crippen molar-refractivity contribution in [3.05, 3.63) is 0 Å². The van der Waals surface area contributed by atoms with Gasteiger partial charge in [-0.2, -0.15) is 0 Å². The largest absolute Gasteiger partial charge is 0.472 e. The minimum atomic E-state index is -4.96. The third-order valence-electron chi connectivity index (χ3n) is 18.4. The standard InChI is InChI=1S/C79H154O17P2/c1-8-9-10-11-12-13-14-15-16-17-18-21-27-32-41-48-55-62-78(83)95-74(66-89-76(81)60-53-46-39-31-26-22-19-20-24-29-36-43-50-57-70(2)3)68-93-97(85,86)91-64-73(80)65-92-98(87,88)94-69-75(67-90-77(82)61-54-47-40-35-34-38-45-52-59-72(6)7)96-79(84)63-56-49-42-33-28-23-25-30-37-44-51-58-71(4)5/h70-75,80H,8-69H2,1-7H3,(H,85,86)(H,87,88)/t73-,74-,75-/m1/s1. The average molecular weight is 1440 g/mol. The van der Waals surface area contributed by atoms with Crippen LogP contribution in [-0.2, 0) is 65.4 Å². The molecule has 0 aliphatic heterocycles. The van der Waals surface area contributed by atoms with E-state index in [4.69, 9.17) is 37.0 Å². The zero-order chi connectivity index (χ0) is 72.3. The summed E-state index contributed by atoms with van der Waals surface area (Å²) in [6.45, 7) is 11.9. The molecule has 2 unspecified atom stereocenters. The summed E-state index contributed by atoms with van der Waals surface area (Å²) >= 11 is 0. The van der Waals surface area contributed by atoms with Gasteiger partial charge in [0.2, 0.25) is 0 Å². The topological polar surface area (TPSA) is 237 Å². The maximum absolute atomic E-state index is 13.1. The fraction of sp³-hybridized carbons (Fsp3) is 0.949. The molecule has 98 heavy (non-hydrogen) atoms. The Balaban J connectivity index is 5.26. The van der Waals surface area contributed by atoms with Gasteiger partial charge >= 0.3 is 39.5 Å². The summed E-state index contributed by atoms with van der Waals surface area (Å²) in [7, 11) is -9.92. The predicted octanol–water partition coefficient (Wildman–Crippen LogP) is 23.4. The van der Waals surface area contributed by atoms with Crippen LogP contribution in [0.15, 0.2) is 0 Å². The first-order chi connectivity index (χ1) is 47.2. The lowest BCUT2D eigenvalue weighted by atomic mass is 10.0. The van der Waals surface area contributed by atoms with Crippen LogP contribution in [0.5, 0.6) is 0 Å². The smallest absolute Gasteiger partial charge is 0.462 e. The molecule has 5 atom stereocenters. The molecule has 0 aromatic carbocycles. The van der Waals surface area contributed by atoms with Gasteiger partial charge in [0.1, 0.15) is 19.3 Å². The van der Waals surface area contributed by atoms with Gasteiger partial charge in [-0.1, -0.05) is 357 Å². The number of hydrogen-bond donors (Lipinski definition) is 3. The molecule has 0 bridgehead atoms. The van der Waals surface area contributed by atoms with E-state index >= 15 is 0 Å². The molecular weight excluding hydrogens is 1280 g/mol. The molecule has 3 N–H and O–H groups in total. The van der Waals surface area contributed by atoms with Gasteiger partial charge in [-0.25, -0.2) is 9.13 Å². The Morgan fingerprint density at radius 3 is 0.694 bits per heavy atom. The number of ether oxygens (including phenoxy) is 4. The third-order valence-corrected chi connectivity index (χ3v) is 20.3. The van der Waals surface area contributed by atoms with Gasteiger partial charge in [0.25, 0.3) is 0 Å². The van der Waals surface area contributed by atoms with Gasteiger partial charge < -0.3 is 33.8 Å². The number of unbranched alkanes of at least 4 members (excludes halogenated alkanes) is 45. The van der Waals surface area contributed by atoms with Crippen molar-refractivity contribution in [1.29, 1.82) is 0 Å². The molecule has 0 radical (unpaired) electrons. The van der Waals surface area contributed by atoms with Crippen molar-refractivity contribution >= 4 is 39.5 Å². The number of aliphatic hydroxyl groups is 1. The number of aliphatic hydroxyl groups excluding tert-OH is 1. The van der Waals surface area contributed by atoms with Gasteiger partial charge in [-0.3, -0.25) is 37.3 Å². The Morgan fingerprint density at radius 1 is 0.276 bits per heavy atom. The molecule has 19 heteroatoms. The first kappa shape index (κ1) is 96.1. The Bertz CT molecular complexity index is 1900. The van der Waals surface area contributed by atoms with Crippen molar-refractivity contribution < 1.29 is 80.2 Å². The molecule has 0 aromatic rings. The molecule has 0 spiro atoms.